The lowest BCUT2D eigenvalue weighted by Gasteiger charge is -2.32. The number of carbonyl (C=O) groups is 1. The fraction of sp³-hybridized carbons (Fsp3) is 0.586. The fourth-order valence-electron chi connectivity index (χ4n) is 5.95. The number of fused-ring (bicyclic) bond motifs is 2. The van der Waals surface area contributed by atoms with Crippen LogP contribution < -0.4 is 15.5 Å². The van der Waals surface area contributed by atoms with Crippen molar-refractivity contribution < 1.29 is 4.79 Å². The van der Waals surface area contributed by atoms with Crippen molar-refractivity contribution >= 4 is 23.2 Å². The van der Waals surface area contributed by atoms with Crippen LogP contribution in [0, 0.1) is 5.92 Å². The number of hydrogen-bond acceptors (Lipinski definition) is 5. The normalized spacial score (nSPS) is 19.2. The van der Waals surface area contributed by atoms with E-state index in [0.717, 1.165) is 42.5 Å². The van der Waals surface area contributed by atoms with Crippen molar-refractivity contribution in [3.63, 3.8) is 0 Å². The van der Waals surface area contributed by atoms with Gasteiger partial charge in [-0.1, -0.05) is 37.5 Å². The number of nitrogens with one attached hydrogen (secondary N) is 2. The van der Waals surface area contributed by atoms with E-state index >= 15 is 0 Å². The predicted molar refractivity (Wildman–Crippen MR) is 147 cm³/mol. The summed E-state index contributed by atoms with van der Waals surface area (Å²) in [5.41, 5.74) is 2.85. The van der Waals surface area contributed by atoms with Gasteiger partial charge in [-0.05, 0) is 94.5 Å². The largest absolute Gasteiger partial charge is 0.378 e. The lowest BCUT2D eigenvalue weighted by Crippen LogP contribution is -2.43. The summed E-state index contributed by atoms with van der Waals surface area (Å²) in [6.07, 6.45) is 12.7. The average molecular weight is 491 g/mol. The standard InChI is InChI=1S/C29H42N6O/c36-29(35-27-12-3-2-10-25(27)23-32-26-11-8-15-30-28(26)35)31-16-22-34-20-13-24(14-21-34)9-4-7-19-33-17-5-1-6-18-33/h2-3,8,10-12,15,24,32H,1,4-7,9,13-14,16-23H2,(H,31,36). The molecule has 3 aliphatic rings. The summed E-state index contributed by atoms with van der Waals surface area (Å²) in [5.74, 6) is 1.53. The van der Waals surface area contributed by atoms with Crippen molar-refractivity contribution in [1.82, 2.24) is 20.1 Å². The summed E-state index contributed by atoms with van der Waals surface area (Å²) in [6.45, 7) is 8.45. The SMILES string of the molecule is O=C(NCCN1CCC(CCCCN2CCCCC2)CC1)N1c2ccccc2CNc2cccnc21. The Morgan fingerprint density at radius 2 is 1.75 bits per heavy atom. The Morgan fingerprint density at radius 3 is 2.61 bits per heavy atom. The number of nitrogens with zero attached hydrogens (tertiary/aromatic N) is 4. The van der Waals surface area contributed by atoms with Crippen molar-refractivity contribution in [3.05, 3.63) is 48.2 Å². The zero-order chi connectivity index (χ0) is 24.6. The third-order valence-corrected chi connectivity index (χ3v) is 8.10. The van der Waals surface area contributed by atoms with E-state index in [4.69, 9.17) is 0 Å². The van der Waals surface area contributed by atoms with Gasteiger partial charge >= 0.3 is 6.03 Å². The van der Waals surface area contributed by atoms with E-state index in [1.54, 1.807) is 11.1 Å². The zero-order valence-electron chi connectivity index (χ0n) is 21.6. The first-order valence-electron chi connectivity index (χ1n) is 14.1. The van der Waals surface area contributed by atoms with Gasteiger partial charge in [0.2, 0.25) is 0 Å². The quantitative estimate of drug-likeness (QED) is 0.497. The van der Waals surface area contributed by atoms with Gasteiger partial charge in [0.15, 0.2) is 5.82 Å². The number of aromatic nitrogens is 1. The first-order chi connectivity index (χ1) is 17.8. The minimum absolute atomic E-state index is 0.116. The highest BCUT2D eigenvalue weighted by Crippen LogP contribution is 2.36. The van der Waals surface area contributed by atoms with Crippen molar-refractivity contribution in [3.8, 4) is 0 Å². The van der Waals surface area contributed by atoms with E-state index in [1.807, 2.05) is 30.3 Å². The molecule has 2 saturated heterocycles. The minimum atomic E-state index is -0.116. The Kier molecular flexibility index (Phi) is 8.72. The summed E-state index contributed by atoms with van der Waals surface area (Å²) in [5, 5.41) is 6.58. The van der Waals surface area contributed by atoms with Crippen LogP contribution in [-0.2, 0) is 6.54 Å². The third-order valence-electron chi connectivity index (χ3n) is 8.10. The van der Waals surface area contributed by atoms with Gasteiger partial charge in [-0.15, -0.1) is 0 Å². The summed E-state index contributed by atoms with van der Waals surface area (Å²) < 4.78 is 0. The summed E-state index contributed by atoms with van der Waals surface area (Å²) in [7, 11) is 0. The first-order valence-corrected chi connectivity index (χ1v) is 14.1. The number of benzene rings is 1. The molecule has 0 spiro atoms. The van der Waals surface area contributed by atoms with Crippen molar-refractivity contribution in [1.29, 1.82) is 0 Å². The molecule has 1 aromatic heterocycles. The van der Waals surface area contributed by atoms with Gasteiger partial charge in [0.05, 0.1) is 11.4 Å². The second-order valence-corrected chi connectivity index (χ2v) is 10.6. The maximum atomic E-state index is 13.4. The number of unbranched alkanes of at least 4 members (excludes halogenated alkanes) is 1. The van der Waals surface area contributed by atoms with E-state index < -0.39 is 0 Å². The Balaban J connectivity index is 1.05. The van der Waals surface area contributed by atoms with Gasteiger partial charge in [-0.2, -0.15) is 0 Å². The third kappa shape index (κ3) is 6.37. The molecule has 7 nitrogen and oxygen atoms in total. The van der Waals surface area contributed by atoms with Crippen LogP contribution in [0.1, 0.15) is 56.9 Å². The van der Waals surface area contributed by atoms with Crippen LogP contribution in [0.4, 0.5) is 22.0 Å². The number of likely N-dealkylation sites (tertiary alicyclic amines) is 2. The lowest BCUT2D eigenvalue weighted by molar-refractivity contribution is 0.174. The van der Waals surface area contributed by atoms with Gasteiger partial charge < -0.3 is 20.4 Å². The smallest absolute Gasteiger partial charge is 0.327 e. The molecule has 0 radical (unpaired) electrons. The molecule has 194 valence electrons. The predicted octanol–water partition coefficient (Wildman–Crippen LogP) is 5.22. The number of piperidine rings is 2. The Morgan fingerprint density at radius 1 is 0.944 bits per heavy atom. The van der Waals surface area contributed by atoms with Gasteiger partial charge in [-0.25, -0.2) is 14.7 Å². The maximum Gasteiger partial charge on any atom is 0.327 e. The lowest BCUT2D eigenvalue weighted by atomic mass is 9.91. The highest BCUT2D eigenvalue weighted by atomic mass is 16.2. The maximum absolute atomic E-state index is 13.4. The molecule has 0 saturated carbocycles. The topological polar surface area (TPSA) is 63.7 Å². The second-order valence-electron chi connectivity index (χ2n) is 10.6. The molecular weight excluding hydrogens is 448 g/mol. The van der Waals surface area contributed by atoms with Crippen LogP contribution in [0.3, 0.4) is 0 Å². The van der Waals surface area contributed by atoms with Crippen molar-refractivity contribution in [2.75, 3.05) is 56.0 Å². The number of para-hydroxylation sites is 1. The summed E-state index contributed by atoms with van der Waals surface area (Å²) in [6, 6.07) is 11.8. The van der Waals surface area contributed by atoms with E-state index in [-0.39, 0.29) is 6.03 Å². The van der Waals surface area contributed by atoms with Crippen LogP contribution >= 0.6 is 0 Å². The van der Waals surface area contributed by atoms with Gasteiger partial charge in [0.25, 0.3) is 0 Å². The molecule has 0 atom stereocenters. The molecule has 7 heteroatoms. The van der Waals surface area contributed by atoms with Crippen molar-refractivity contribution in [2.24, 2.45) is 5.92 Å². The zero-order valence-corrected chi connectivity index (χ0v) is 21.6. The highest BCUT2D eigenvalue weighted by molar-refractivity contribution is 6.02. The van der Waals surface area contributed by atoms with E-state index in [1.165, 1.54) is 71.0 Å². The first kappa shape index (κ1) is 25.0. The molecule has 5 rings (SSSR count). The fourth-order valence-corrected chi connectivity index (χ4v) is 5.95. The molecule has 2 N–H and O–H groups in total. The molecule has 1 aromatic carbocycles. The van der Waals surface area contributed by atoms with Crippen LogP contribution in [0.5, 0.6) is 0 Å². The Labute approximate surface area is 216 Å². The number of hydrogen-bond donors (Lipinski definition) is 2. The molecule has 3 aliphatic heterocycles. The molecule has 0 bridgehead atoms. The molecule has 2 amide bonds. The number of pyridine rings is 1. The number of carbonyl (C=O) groups excluding carboxylic acids is 1. The van der Waals surface area contributed by atoms with Gasteiger partial charge in [0, 0.05) is 25.8 Å². The van der Waals surface area contributed by atoms with Crippen LogP contribution in [0.15, 0.2) is 42.6 Å². The van der Waals surface area contributed by atoms with Gasteiger partial charge in [0.1, 0.15) is 0 Å². The number of anilines is 3. The summed E-state index contributed by atoms with van der Waals surface area (Å²) >= 11 is 0. The molecule has 2 aromatic rings. The monoisotopic (exact) mass is 490 g/mol. The Hall–Kier alpha value is -2.64. The number of rotatable bonds is 8. The van der Waals surface area contributed by atoms with Crippen LogP contribution in [0.2, 0.25) is 0 Å². The number of urea groups is 1. The molecule has 0 unspecified atom stereocenters. The highest BCUT2D eigenvalue weighted by Gasteiger charge is 2.27. The average Bonchev–Trinajstić information content (AvgIpc) is 3.09. The molecule has 36 heavy (non-hydrogen) atoms. The molecule has 2 fully saturated rings. The number of amides is 2. The second kappa shape index (κ2) is 12.5. The van der Waals surface area contributed by atoms with E-state index in [0.29, 0.717) is 18.9 Å². The molecular formula is C29H42N6O. The van der Waals surface area contributed by atoms with E-state index in [2.05, 4.69) is 31.5 Å². The molecule has 0 aliphatic carbocycles. The Bertz CT molecular complexity index is 936. The van der Waals surface area contributed by atoms with Crippen LogP contribution in [0.25, 0.3) is 0 Å². The minimum Gasteiger partial charge on any atom is -0.378 e. The van der Waals surface area contributed by atoms with Crippen LogP contribution in [-0.4, -0.2) is 66.6 Å². The van der Waals surface area contributed by atoms with E-state index in [9.17, 15) is 4.79 Å². The van der Waals surface area contributed by atoms with Crippen molar-refractivity contribution in [2.45, 2.75) is 57.9 Å². The van der Waals surface area contributed by atoms with Gasteiger partial charge in [-0.3, -0.25) is 0 Å². The summed E-state index contributed by atoms with van der Waals surface area (Å²) in [4.78, 5) is 24.8. The molecule has 4 heterocycles.